The molecule has 0 aliphatic carbocycles. The van der Waals surface area contributed by atoms with Crippen LogP contribution in [0, 0.1) is 5.92 Å². The van der Waals surface area contributed by atoms with E-state index < -0.39 is 0 Å². The molecule has 0 saturated carbocycles. The minimum atomic E-state index is 0.0560. The number of benzene rings is 1. The molecule has 0 bridgehead atoms. The molecule has 23 heavy (non-hydrogen) atoms. The van der Waals surface area contributed by atoms with E-state index in [2.05, 4.69) is 48.0 Å². The number of rotatable bonds is 9. The molecule has 0 aliphatic heterocycles. The molecular formula is C19H29N3O. The number of hydrogen-bond acceptors (Lipinski definition) is 2. The predicted octanol–water partition coefficient (Wildman–Crippen LogP) is 3.93. The van der Waals surface area contributed by atoms with Crippen LogP contribution in [0.5, 0.6) is 0 Å². The van der Waals surface area contributed by atoms with Gasteiger partial charge < -0.3 is 9.88 Å². The highest BCUT2D eigenvalue weighted by Crippen LogP contribution is 2.19. The molecule has 0 radical (unpaired) electrons. The van der Waals surface area contributed by atoms with Gasteiger partial charge in [-0.25, -0.2) is 4.98 Å². The van der Waals surface area contributed by atoms with Crippen LogP contribution in [0.15, 0.2) is 24.3 Å². The molecule has 1 amide bonds. The third-order valence-electron chi connectivity index (χ3n) is 4.11. The van der Waals surface area contributed by atoms with E-state index in [1.54, 1.807) is 6.92 Å². The number of fused-ring (bicyclic) bond motifs is 1. The van der Waals surface area contributed by atoms with Crippen molar-refractivity contribution in [3.63, 3.8) is 0 Å². The molecule has 0 saturated heterocycles. The normalized spacial score (nSPS) is 11.3. The Labute approximate surface area is 139 Å². The van der Waals surface area contributed by atoms with E-state index in [0.29, 0.717) is 5.92 Å². The number of amides is 1. The summed E-state index contributed by atoms with van der Waals surface area (Å²) in [6.45, 7) is 7.91. The van der Waals surface area contributed by atoms with Crippen molar-refractivity contribution in [2.24, 2.45) is 5.92 Å². The highest BCUT2D eigenvalue weighted by molar-refractivity contribution is 5.75. The Bertz CT molecular complexity index is 631. The number of carbonyl (C=O) groups is 1. The number of para-hydroxylation sites is 2. The Kier molecular flexibility index (Phi) is 6.63. The fourth-order valence-electron chi connectivity index (χ4n) is 2.80. The topological polar surface area (TPSA) is 46.9 Å². The molecular weight excluding hydrogens is 286 g/mol. The zero-order chi connectivity index (χ0) is 16.7. The average Bonchev–Trinajstić information content (AvgIpc) is 2.86. The van der Waals surface area contributed by atoms with E-state index in [9.17, 15) is 4.79 Å². The van der Waals surface area contributed by atoms with Gasteiger partial charge in [-0.1, -0.05) is 32.4 Å². The maximum atomic E-state index is 10.8. The van der Waals surface area contributed by atoms with Crippen LogP contribution >= 0.6 is 0 Å². The van der Waals surface area contributed by atoms with Crippen molar-refractivity contribution in [2.45, 2.75) is 59.4 Å². The van der Waals surface area contributed by atoms with Crippen LogP contribution in [-0.2, 0) is 17.8 Å². The second kappa shape index (κ2) is 8.70. The molecule has 0 unspecified atom stereocenters. The van der Waals surface area contributed by atoms with Crippen molar-refractivity contribution in [3.05, 3.63) is 30.1 Å². The standard InChI is InChI=1S/C19H29N3O/c1-15(2)12-14-22-18-10-7-6-9-17(18)21-19(22)11-5-4-8-13-20-16(3)23/h6-7,9-10,15H,4-5,8,11-14H2,1-3H3,(H,20,23). The first kappa shape index (κ1) is 17.5. The number of carbonyl (C=O) groups excluding carboxylic acids is 1. The Morgan fingerprint density at radius 3 is 2.74 bits per heavy atom. The average molecular weight is 315 g/mol. The number of unbranched alkanes of at least 4 members (excludes halogenated alkanes) is 2. The second-order valence-corrected chi connectivity index (χ2v) is 6.64. The first-order valence-electron chi connectivity index (χ1n) is 8.76. The summed E-state index contributed by atoms with van der Waals surface area (Å²) in [6, 6.07) is 8.41. The van der Waals surface area contributed by atoms with Crippen LogP contribution in [0.2, 0.25) is 0 Å². The highest BCUT2D eigenvalue weighted by atomic mass is 16.1. The van der Waals surface area contributed by atoms with E-state index in [0.717, 1.165) is 44.3 Å². The van der Waals surface area contributed by atoms with Crippen LogP contribution < -0.4 is 5.32 Å². The van der Waals surface area contributed by atoms with E-state index in [1.165, 1.54) is 17.8 Å². The summed E-state index contributed by atoms with van der Waals surface area (Å²) in [7, 11) is 0. The molecule has 1 N–H and O–H groups in total. The monoisotopic (exact) mass is 315 g/mol. The quantitative estimate of drug-likeness (QED) is 0.713. The first-order chi connectivity index (χ1) is 11.1. The molecule has 0 aliphatic rings. The number of aryl methyl sites for hydroxylation is 2. The molecule has 2 aromatic rings. The first-order valence-corrected chi connectivity index (χ1v) is 8.76. The van der Waals surface area contributed by atoms with Gasteiger partial charge in [0.05, 0.1) is 11.0 Å². The van der Waals surface area contributed by atoms with E-state index >= 15 is 0 Å². The summed E-state index contributed by atoms with van der Waals surface area (Å²) in [5, 5.41) is 2.85. The minimum Gasteiger partial charge on any atom is -0.356 e. The molecule has 0 fully saturated rings. The van der Waals surface area contributed by atoms with Gasteiger partial charge in [-0.2, -0.15) is 0 Å². The number of nitrogens with one attached hydrogen (secondary N) is 1. The summed E-state index contributed by atoms with van der Waals surface area (Å²) in [5.74, 6) is 1.95. The van der Waals surface area contributed by atoms with E-state index in [1.807, 2.05) is 0 Å². The Morgan fingerprint density at radius 1 is 1.22 bits per heavy atom. The molecule has 1 aromatic carbocycles. The van der Waals surface area contributed by atoms with Crippen molar-refractivity contribution in [1.82, 2.24) is 14.9 Å². The number of nitrogens with zero attached hydrogens (tertiary/aromatic N) is 2. The van der Waals surface area contributed by atoms with Gasteiger partial charge in [-0.05, 0) is 37.3 Å². The Hall–Kier alpha value is -1.84. The number of aromatic nitrogens is 2. The van der Waals surface area contributed by atoms with Crippen LogP contribution in [0.4, 0.5) is 0 Å². The van der Waals surface area contributed by atoms with Crippen LogP contribution in [0.25, 0.3) is 11.0 Å². The van der Waals surface area contributed by atoms with Crippen LogP contribution in [0.1, 0.15) is 52.3 Å². The summed E-state index contributed by atoms with van der Waals surface area (Å²) in [5.41, 5.74) is 2.35. The van der Waals surface area contributed by atoms with Gasteiger partial charge in [0.2, 0.25) is 5.91 Å². The van der Waals surface area contributed by atoms with Gasteiger partial charge in [0.1, 0.15) is 5.82 Å². The summed E-state index contributed by atoms with van der Waals surface area (Å²) in [6.07, 6.45) is 5.45. The lowest BCUT2D eigenvalue weighted by molar-refractivity contribution is -0.118. The summed E-state index contributed by atoms with van der Waals surface area (Å²) >= 11 is 0. The number of hydrogen-bond donors (Lipinski definition) is 1. The zero-order valence-corrected chi connectivity index (χ0v) is 14.6. The van der Waals surface area contributed by atoms with E-state index in [-0.39, 0.29) is 5.91 Å². The molecule has 0 atom stereocenters. The maximum absolute atomic E-state index is 10.8. The van der Waals surface area contributed by atoms with Gasteiger partial charge in [0.25, 0.3) is 0 Å². The Balaban J connectivity index is 1.95. The minimum absolute atomic E-state index is 0.0560. The maximum Gasteiger partial charge on any atom is 0.216 e. The fraction of sp³-hybridized carbons (Fsp3) is 0.579. The lowest BCUT2D eigenvalue weighted by Gasteiger charge is -2.11. The largest absolute Gasteiger partial charge is 0.356 e. The fourth-order valence-corrected chi connectivity index (χ4v) is 2.80. The molecule has 0 spiro atoms. The predicted molar refractivity (Wildman–Crippen MR) is 95.4 cm³/mol. The van der Waals surface area contributed by atoms with Crippen molar-refractivity contribution >= 4 is 16.9 Å². The van der Waals surface area contributed by atoms with Crippen LogP contribution in [0.3, 0.4) is 0 Å². The molecule has 2 rings (SSSR count). The van der Waals surface area contributed by atoms with Gasteiger partial charge in [-0.15, -0.1) is 0 Å². The van der Waals surface area contributed by atoms with Gasteiger partial charge in [0.15, 0.2) is 0 Å². The Morgan fingerprint density at radius 2 is 2.00 bits per heavy atom. The lowest BCUT2D eigenvalue weighted by Crippen LogP contribution is -2.20. The van der Waals surface area contributed by atoms with Gasteiger partial charge >= 0.3 is 0 Å². The molecule has 4 heteroatoms. The van der Waals surface area contributed by atoms with E-state index in [4.69, 9.17) is 4.98 Å². The molecule has 1 aromatic heterocycles. The number of imidazole rings is 1. The highest BCUT2D eigenvalue weighted by Gasteiger charge is 2.10. The molecule has 1 heterocycles. The molecule has 4 nitrogen and oxygen atoms in total. The smallest absolute Gasteiger partial charge is 0.216 e. The van der Waals surface area contributed by atoms with Gasteiger partial charge in [-0.3, -0.25) is 4.79 Å². The molecule has 126 valence electrons. The van der Waals surface area contributed by atoms with Crippen molar-refractivity contribution < 1.29 is 4.79 Å². The summed E-state index contributed by atoms with van der Waals surface area (Å²) in [4.78, 5) is 15.7. The lowest BCUT2D eigenvalue weighted by atomic mass is 10.1. The van der Waals surface area contributed by atoms with Crippen molar-refractivity contribution in [2.75, 3.05) is 6.54 Å². The van der Waals surface area contributed by atoms with Gasteiger partial charge in [0, 0.05) is 26.4 Å². The SMILES string of the molecule is CC(=O)NCCCCCc1nc2ccccc2n1CCC(C)C. The summed E-state index contributed by atoms with van der Waals surface area (Å²) < 4.78 is 2.39. The second-order valence-electron chi connectivity index (χ2n) is 6.64. The zero-order valence-electron chi connectivity index (χ0n) is 14.6. The third-order valence-corrected chi connectivity index (χ3v) is 4.11. The van der Waals surface area contributed by atoms with Crippen molar-refractivity contribution in [3.8, 4) is 0 Å². The van der Waals surface area contributed by atoms with Crippen molar-refractivity contribution in [1.29, 1.82) is 0 Å². The van der Waals surface area contributed by atoms with Crippen LogP contribution in [-0.4, -0.2) is 22.0 Å². The third kappa shape index (κ3) is 5.38.